The Morgan fingerprint density at radius 3 is 2.81 bits per heavy atom. The van der Waals surface area contributed by atoms with Crippen molar-refractivity contribution in [1.82, 2.24) is 4.90 Å². The summed E-state index contributed by atoms with van der Waals surface area (Å²) in [6.45, 7) is 3.20. The van der Waals surface area contributed by atoms with Gasteiger partial charge in [0.1, 0.15) is 5.54 Å². The van der Waals surface area contributed by atoms with Gasteiger partial charge in [0.15, 0.2) is 11.5 Å². The lowest BCUT2D eigenvalue weighted by Gasteiger charge is -2.34. The van der Waals surface area contributed by atoms with E-state index in [1.165, 1.54) is 7.11 Å². The quantitative estimate of drug-likeness (QED) is 0.847. The molecule has 0 spiro atoms. The number of hydrogen-bond donors (Lipinski definition) is 2. The van der Waals surface area contributed by atoms with Crippen molar-refractivity contribution in [1.29, 1.82) is 0 Å². The molecular weight excluding hydrogens is 338 g/mol. The first-order chi connectivity index (χ1) is 9.94. The summed E-state index contributed by atoms with van der Waals surface area (Å²) >= 11 is 3.30. The zero-order chi connectivity index (χ0) is 15.6. The van der Waals surface area contributed by atoms with Crippen LogP contribution < -0.4 is 4.74 Å². The third-order valence-corrected chi connectivity index (χ3v) is 4.89. The number of phenolic OH excluding ortho intramolecular Hbond substituents is 1. The van der Waals surface area contributed by atoms with Gasteiger partial charge in [-0.3, -0.25) is 9.69 Å². The van der Waals surface area contributed by atoms with Gasteiger partial charge >= 0.3 is 5.97 Å². The van der Waals surface area contributed by atoms with E-state index in [-0.39, 0.29) is 5.75 Å². The molecule has 1 aliphatic heterocycles. The van der Waals surface area contributed by atoms with Crippen LogP contribution in [0.3, 0.4) is 0 Å². The van der Waals surface area contributed by atoms with Crippen molar-refractivity contribution in [3.63, 3.8) is 0 Å². The van der Waals surface area contributed by atoms with Crippen LogP contribution in [0, 0.1) is 0 Å². The number of aromatic hydroxyl groups is 1. The van der Waals surface area contributed by atoms with Crippen LogP contribution >= 0.6 is 15.9 Å². The number of nitrogens with zero attached hydrogens (tertiary/aromatic N) is 1. The van der Waals surface area contributed by atoms with E-state index in [4.69, 9.17) is 4.74 Å². The summed E-state index contributed by atoms with van der Waals surface area (Å²) in [7, 11) is 1.49. The number of aliphatic carboxylic acids is 1. The monoisotopic (exact) mass is 357 g/mol. The molecule has 5 nitrogen and oxygen atoms in total. The molecule has 1 atom stereocenters. The Labute approximate surface area is 132 Å². The highest BCUT2D eigenvalue weighted by Crippen LogP contribution is 2.38. The largest absolute Gasteiger partial charge is 0.503 e. The van der Waals surface area contributed by atoms with E-state index in [9.17, 15) is 15.0 Å². The fourth-order valence-corrected chi connectivity index (χ4v) is 3.54. The van der Waals surface area contributed by atoms with E-state index in [1.807, 2.05) is 11.8 Å². The van der Waals surface area contributed by atoms with Gasteiger partial charge < -0.3 is 14.9 Å². The molecule has 2 rings (SSSR count). The van der Waals surface area contributed by atoms with E-state index < -0.39 is 11.5 Å². The maximum Gasteiger partial charge on any atom is 0.324 e. The Hall–Kier alpha value is -1.27. The van der Waals surface area contributed by atoms with Gasteiger partial charge in [0.05, 0.1) is 11.6 Å². The third kappa shape index (κ3) is 2.87. The number of carbonyl (C=O) groups is 1. The molecule has 1 saturated heterocycles. The molecule has 6 heteroatoms. The van der Waals surface area contributed by atoms with Crippen LogP contribution in [-0.2, 0) is 11.3 Å². The smallest absolute Gasteiger partial charge is 0.324 e. The van der Waals surface area contributed by atoms with Crippen molar-refractivity contribution in [2.75, 3.05) is 13.7 Å². The maximum absolute atomic E-state index is 11.7. The molecule has 0 saturated carbocycles. The van der Waals surface area contributed by atoms with Crippen molar-refractivity contribution >= 4 is 21.9 Å². The molecule has 0 radical (unpaired) electrons. The van der Waals surface area contributed by atoms with Crippen LogP contribution in [0.5, 0.6) is 11.5 Å². The van der Waals surface area contributed by atoms with Crippen LogP contribution in [0.15, 0.2) is 16.6 Å². The summed E-state index contributed by atoms with van der Waals surface area (Å²) < 4.78 is 5.69. The predicted octanol–water partition coefficient (Wildman–Crippen LogP) is 2.99. The van der Waals surface area contributed by atoms with E-state index in [2.05, 4.69) is 15.9 Å². The molecule has 0 aliphatic carbocycles. The van der Waals surface area contributed by atoms with Gasteiger partial charge in [-0.25, -0.2) is 0 Å². The lowest BCUT2D eigenvalue weighted by molar-refractivity contribution is -0.150. The van der Waals surface area contributed by atoms with Gasteiger partial charge in [-0.15, -0.1) is 0 Å². The Morgan fingerprint density at radius 1 is 1.52 bits per heavy atom. The molecule has 1 fully saturated rings. The SMILES string of the molecule is CCC1(C(=O)O)CCCN1Cc1cc(Br)c(O)c(OC)c1. The zero-order valence-electron chi connectivity index (χ0n) is 12.2. The first kappa shape index (κ1) is 16.1. The zero-order valence-corrected chi connectivity index (χ0v) is 13.8. The number of rotatable bonds is 5. The number of carboxylic acid groups (broad SMARTS) is 1. The van der Waals surface area contributed by atoms with Gasteiger partial charge in [-0.2, -0.15) is 0 Å². The first-order valence-electron chi connectivity index (χ1n) is 6.98. The highest BCUT2D eigenvalue weighted by molar-refractivity contribution is 9.10. The minimum Gasteiger partial charge on any atom is -0.503 e. The molecular formula is C15H20BrNO4. The molecule has 1 aromatic rings. The summed E-state index contributed by atoms with van der Waals surface area (Å²) in [5.74, 6) is -0.314. The number of halogens is 1. The Bertz CT molecular complexity index is 549. The molecule has 1 unspecified atom stereocenters. The summed E-state index contributed by atoms with van der Waals surface area (Å²) in [4.78, 5) is 13.7. The Morgan fingerprint density at radius 2 is 2.24 bits per heavy atom. The molecule has 1 aromatic carbocycles. The first-order valence-corrected chi connectivity index (χ1v) is 7.77. The van der Waals surface area contributed by atoms with Crippen LogP contribution in [0.2, 0.25) is 0 Å². The van der Waals surface area contributed by atoms with E-state index in [1.54, 1.807) is 12.1 Å². The lowest BCUT2D eigenvalue weighted by Crippen LogP contribution is -2.49. The minimum absolute atomic E-state index is 0.0580. The summed E-state index contributed by atoms with van der Waals surface area (Å²) in [6, 6.07) is 3.55. The summed E-state index contributed by atoms with van der Waals surface area (Å²) in [6.07, 6.45) is 2.14. The topological polar surface area (TPSA) is 70.0 Å². The molecule has 1 heterocycles. The number of ether oxygens (including phenoxy) is 1. The van der Waals surface area contributed by atoms with Gasteiger partial charge in [-0.1, -0.05) is 6.92 Å². The number of methoxy groups -OCH3 is 1. The van der Waals surface area contributed by atoms with Crippen molar-refractivity contribution in [3.05, 3.63) is 22.2 Å². The Balaban J connectivity index is 2.29. The third-order valence-electron chi connectivity index (χ3n) is 4.29. The Kier molecular flexibility index (Phi) is 4.78. The molecule has 2 N–H and O–H groups in total. The lowest BCUT2D eigenvalue weighted by atomic mass is 9.92. The fourth-order valence-electron chi connectivity index (χ4n) is 3.05. The maximum atomic E-state index is 11.7. The van der Waals surface area contributed by atoms with Crippen molar-refractivity contribution in [2.24, 2.45) is 0 Å². The summed E-state index contributed by atoms with van der Waals surface area (Å²) in [5, 5.41) is 19.4. The van der Waals surface area contributed by atoms with Crippen molar-refractivity contribution in [3.8, 4) is 11.5 Å². The fraction of sp³-hybridized carbons (Fsp3) is 0.533. The second-order valence-corrected chi connectivity index (χ2v) is 6.20. The number of carboxylic acids is 1. The highest BCUT2D eigenvalue weighted by Gasteiger charge is 2.45. The average Bonchev–Trinajstić information content (AvgIpc) is 2.86. The van der Waals surface area contributed by atoms with Gasteiger partial charge in [-0.05, 0) is 59.4 Å². The molecule has 21 heavy (non-hydrogen) atoms. The van der Waals surface area contributed by atoms with Gasteiger partial charge in [0.25, 0.3) is 0 Å². The van der Waals surface area contributed by atoms with E-state index in [0.29, 0.717) is 29.6 Å². The second-order valence-electron chi connectivity index (χ2n) is 5.34. The minimum atomic E-state index is -0.780. The van der Waals surface area contributed by atoms with Crippen molar-refractivity contribution < 1.29 is 19.7 Å². The normalized spacial score (nSPS) is 22.4. The predicted molar refractivity (Wildman–Crippen MR) is 82.7 cm³/mol. The molecule has 0 aromatic heterocycles. The van der Waals surface area contributed by atoms with Crippen LogP contribution in [0.1, 0.15) is 31.7 Å². The van der Waals surface area contributed by atoms with E-state index in [0.717, 1.165) is 18.5 Å². The standard InChI is InChI=1S/C15H20BrNO4/c1-3-15(14(19)20)5-4-6-17(15)9-10-7-11(16)13(18)12(8-10)21-2/h7-8,18H,3-6,9H2,1-2H3,(H,19,20). The highest BCUT2D eigenvalue weighted by atomic mass is 79.9. The van der Waals surface area contributed by atoms with E-state index >= 15 is 0 Å². The number of likely N-dealkylation sites (tertiary alicyclic amines) is 1. The number of benzene rings is 1. The molecule has 0 amide bonds. The molecule has 1 aliphatic rings. The number of hydrogen-bond acceptors (Lipinski definition) is 4. The van der Waals surface area contributed by atoms with Crippen molar-refractivity contribution in [2.45, 2.75) is 38.3 Å². The molecule has 0 bridgehead atoms. The van der Waals surface area contributed by atoms with Crippen LogP contribution in [0.25, 0.3) is 0 Å². The number of phenols is 1. The molecule has 116 valence electrons. The van der Waals surface area contributed by atoms with Crippen LogP contribution in [-0.4, -0.2) is 40.3 Å². The second kappa shape index (κ2) is 6.23. The van der Waals surface area contributed by atoms with Crippen LogP contribution in [0.4, 0.5) is 0 Å². The summed E-state index contributed by atoms with van der Waals surface area (Å²) in [5.41, 5.74) is 0.134. The van der Waals surface area contributed by atoms with Gasteiger partial charge in [0.2, 0.25) is 0 Å². The van der Waals surface area contributed by atoms with Gasteiger partial charge in [0, 0.05) is 6.54 Å². The average molecular weight is 358 g/mol.